The molecule has 4 heteroatoms. The zero-order valence-corrected chi connectivity index (χ0v) is 11.1. The Labute approximate surface area is 112 Å². The third-order valence-electron chi connectivity index (χ3n) is 3.95. The van der Waals surface area contributed by atoms with Gasteiger partial charge in [0.1, 0.15) is 0 Å². The molecule has 0 saturated carbocycles. The first kappa shape index (κ1) is 12.2. The lowest BCUT2D eigenvalue weighted by molar-refractivity contribution is -0.133. The van der Waals surface area contributed by atoms with Gasteiger partial charge in [-0.2, -0.15) is 0 Å². The predicted molar refractivity (Wildman–Crippen MR) is 75.7 cm³/mol. The number of hydrogen-bond acceptors (Lipinski definition) is 2. The molecule has 100 valence electrons. The lowest BCUT2D eigenvalue weighted by atomic mass is 10.0. The van der Waals surface area contributed by atoms with Crippen molar-refractivity contribution >= 4 is 16.8 Å². The third kappa shape index (κ3) is 2.02. The average molecular weight is 257 g/mol. The molecule has 1 aliphatic heterocycles. The molecule has 0 unspecified atom stereocenters. The summed E-state index contributed by atoms with van der Waals surface area (Å²) in [7, 11) is 0. The van der Waals surface area contributed by atoms with Crippen molar-refractivity contribution in [1.82, 2.24) is 9.88 Å². The molecule has 1 aromatic heterocycles. The highest BCUT2D eigenvalue weighted by atomic mass is 16.2. The number of carbonyl (C=O) groups is 1. The molecule has 0 aliphatic carbocycles. The molecule has 0 saturated heterocycles. The van der Waals surface area contributed by atoms with Crippen LogP contribution in [0.1, 0.15) is 24.6 Å². The fourth-order valence-corrected chi connectivity index (χ4v) is 2.76. The maximum absolute atomic E-state index is 12.2. The number of amides is 1. The minimum Gasteiger partial charge on any atom is -0.358 e. The fraction of sp³-hybridized carbons (Fsp3) is 0.400. The van der Waals surface area contributed by atoms with E-state index in [1.165, 1.54) is 16.6 Å². The van der Waals surface area contributed by atoms with Crippen molar-refractivity contribution in [3.63, 3.8) is 0 Å². The van der Waals surface area contributed by atoms with Crippen molar-refractivity contribution in [2.24, 2.45) is 5.73 Å². The lowest BCUT2D eigenvalue weighted by Gasteiger charge is -2.29. The maximum Gasteiger partial charge on any atom is 0.239 e. The number of nitrogens with one attached hydrogen (secondary N) is 1. The van der Waals surface area contributed by atoms with Crippen LogP contribution >= 0.6 is 0 Å². The summed E-state index contributed by atoms with van der Waals surface area (Å²) < 4.78 is 0. The van der Waals surface area contributed by atoms with Gasteiger partial charge in [0.05, 0.1) is 6.04 Å². The van der Waals surface area contributed by atoms with Gasteiger partial charge >= 0.3 is 0 Å². The quantitative estimate of drug-likeness (QED) is 0.861. The molecule has 0 radical (unpaired) electrons. The van der Waals surface area contributed by atoms with E-state index in [-0.39, 0.29) is 11.9 Å². The van der Waals surface area contributed by atoms with Crippen LogP contribution in [0.15, 0.2) is 24.3 Å². The second kappa shape index (κ2) is 4.70. The molecular formula is C15H19N3O. The van der Waals surface area contributed by atoms with Crippen LogP contribution in [0.4, 0.5) is 0 Å². The Morgan fingerprint density at radius 1 is 1.47 bits per heavy atom. The summed E-state index contributed by atoms with van der Waals surface area (Å²) in [6, 6.07) is 7.89. The molecule has 1 aliphatic rings. The predicted octanol–water partition coefficient (Wildman–Crippen LogP) is 1.79. The summed E-state index contributed by atoms with van der Waals surface area (Å²) in [6.45, 7) is 3.38. The monoisotopic (exact) mass is 257 g/mol. The van der Waals surface area contributed by atoms with Crippen molar-refractivity contribution in [3.05, 3.63) is 35.5 Å². The van der Waals surface area contributed by atoms with Crippen molar-refractivity contribution in [1.29, 1.82) is 0 Å². The second-order valence-corrected chi connectivity index (χ2v) is 5.15. The molecule has 1 aromatic carbocycles. The van der Waals surface area contributed by atoms with E-state index < -0.39 is 0 Å². The standard InChI is InChI=1S/C15H19N3O/c1-2-12(16)15(19)18-8-7-14-11(9-18)10-5-3-4-6-13(10)17-14/h3-6,12,17H,2,7-9,16H2,1H3/t12-/m0/s1. The van der Waals surface area contributed by atoms with E-state index in [9.17, 15) is 4.79 Å². The number of benzene rings is 1. The van der Waals surface area contributed by atoms with Crippen LogP contribution in [0.25, 0.3) is 10.9 Å². The SMILES string of the molecule is CC[C@H](N)C(=O)N1CCc2[nH]c3ccccc3c2C1. The van der Waals surface area contributed by atoms with Crippen molar-refractivity contribution in [2.75, 3.05) is 6.54 Å². The first-order chi connectivity index (χ1) is 9.20. The van der Waals surface area contributed by atoms with Crippen molar-refractivity contribution in [3.8, 4) is 0 Å². The van der Waals surface area contributed by atoms with E-state index >= 15 is 0 Å². The van der Waals surface area contributed by atoms with Gasteiger partial charge in [0, 0.05) is 41.7 Å². The van der Waals surface area contributed by atoms with E-state index in [1.54, 1.807) is 0 Å². The molecule has 0 bridgehead atoms. The number of hydrogen-bond donors (Lipinski definition) is 2. The Bertz CT molecular complexity index is 617. The van der Waals surface area contributed by atoms with Crippen LogP contribution < -0.4 is 5.73 Å². The van der Waals surface area contributed by atoms with Gasteiger partial charge in [-0.15, -0.1) is 0 Å². The van der Waals surface area contributed by atoms with Gasteiger partial charge in [0.2, 0.25) is 5.91 Å². The summed E-state index contributed by atoms with van der Waals surface area (Å²) >= 11 is 0. The molecule has 3 N–H and O–H groups in total. The molecule has 1 amide bonds. The van der Waals surface area contributed by atoms with Gasteiger partial charge in [0.25, 0.3) is 0 Å². The summed E-state index contributed by atoms with van der Waals surface area (Å²) in [5.41, 5.74) is 9.52. The van der Waals surface area contributed by atoms with Crippen LogP contribution in [-0.2, 0) is 17.8 Å². The van der Waals surface area contributed by atoms with Gasteiger partial charge in [-0.25, -0.2) is 0 Å². The van der Waals surface area contributed by atoms with Gasteiger partial charge < -0.3 is 15.6 Å². The van der Waals surface area contributed by atoms with Gasteiger partial charge in [-0.3, -0.25) is 4.79 Å². The van der Waals surface area contributed by atoms with E-state index in [0.717, 1.165) is 18.5 Å². The molecule has 0 fully saturated rings. The normalized spacial score (nSPS) is 16.4. The number of carbonyl (C=O) groups excluding carboxylic acids is 1. The number of H-pyrrole nitrogens is 1. The number of aromatic nitrogens is 1. The van der Waals surface area contributed by atoms with E-state index in [2.05, 4.69) is 17.1 Å². The van der Waals surface area contributed by atoms with Gasteiger partial charge in [0.15, 0.2) is 0 Å². The zero-order valence-electron chi connectivity index (χ0n) is 11.1. The van der Waals surface area contributed by atoms with Crippen LogP contribution in [-0.4, -0.2) is 28.4 Å². The molecule has 2 heterocycles. The minimum atomic E-state index is -0.369. The highest BCUT2D eigenvalue weighted by molar-refractivity contribution is 5.87. The van der Waals surface area contributed by atoms with E-state index in [1.807, 2.05) is 24.0 Å². The first-order valence-corrected chi connectivity index (χ1v) is 6.83. The number of rotatable bonds is 2. The maximum atomic E-state index is 12.2. The Kier molecular flexibility index (Phi) is 3.03. The summed E-state index contributed by atoms with van der Waals surface area (Å²) in [5, 5.41) is 1.22. The Hall–Kier alpha value is -1.81. The number of fused-ring (bicyclic) bond motifs is 3. The fourth-order valence-electron chi connectivity index (χ4n) is 2.76. The Morgan fingerprint density at radius 2 is 2.26 bits per heavy atom. The van der Waals surface area contributed by atoms with Gasteiger partial charge in [-0.1, -0.05) is 25.1 Å². The minimum absolute atomic E-state index is 0.0680. The smallest absolute Gasteiger partial charge is 0.239 e. The largest absolute Gasteiger partial charge is 0.358 e. The first-order valence-electron chi connectivity index (χ1n) is 6.83. The third-order valence-corrected chi connectivity index (χ3v) is 3.95. The molecular weight excluding hydrogens is 238 g/mol. The van der Waals surface area contributed by atoms with Crippen LogP contribution in [0, 0.1) is 0 Å². The van der Waals surface area contributed by atoms with E-state index in [0.29, 0.717) is 13.0 Å². The molecule has 19 heavy (non-hydrogen) atoms. The topological polar surface area (TPSA) is 62.1 Å². The zero-order chi connectivity index (χ0) is 13.4. The van der Waals surface area contributed by atoms with Crippen LogP contribution in [0.2, 0.25) is 0 Å². The second-order valence-electron chi connectivity index (χ2n) is 5.15. The van der Waals surface area contributed by atoms with Crippen LogP contribution in [0.5, 0.6) is 0 Å². The average Bonchev–Trinajstić information content (AvgIpc) is 2.83. The summed E-state index contributed by atoms with van der Waals surface area (Å²) in [6.07, 6.45) is 1.57. The number of para-hydroxylation sites is 1. The molecule has 2 aromatic rings. The summed E-state index contributed by atoms with van der Waals surface area (Å²) in [5.74, 6) is 0.0680. The number of nitrogens with two attached hydrogens (primary N) is 1. The molecule has 4 nitrogen and oxygen atoms in total. The van der Waals surface area contributed by atoms with E-state index in [4.69, 9.17) is 5.73 Å². The highest BCUT2D eigenvalue weighted by Gasteiger charge is 2.26. The number of aromatic amines is 1. The molecule has 0 spiro atoms. The summed E-state index contributed by atoms with van der Waals surface area (Å²) in [4.78, 5) is 17.5. The van der Waals surface area contributed by atoms with Crippen LogP contribution in [0.3, 0.4) is 0 Å². The Balaban J connectivity index is 1.93. The lowest BCUT2D eigenvalue weighted by Crippen LogP contribution is -2.45. The van der Waals surface area contributed by atoms with Crippen molar-refractivity contribution in [2.45, 2.75) is 32.4 Å². The highest BCUT2D eigenvalue weighted by Crippen LogP contribution is 2.27. The van der Waals surface area contributed by atoms with Gasteiger partial charge in [-0.05, 0) is 12.5 Å². The van der Waals surface area contributed by atoms with Crippen molar-refractivity contribution < 1.29 is 4.79 Å². The Morgan fingerprint density at radius 3 is 3.05 bits per heavy atom. The molecule has 1 atom stereocenters. The number of nitrogens with zero attached hydrogens (tertiary/aromatic N) is 1. The molecule has 3 rings (SSSR count).